The molecule has 3 heterocycles. The molecule has 0 bridgehead atoms. The van der Waals surface area contributed by atoms with Crippen LogP contribution >= 0.6 is 0 Å². The molecule has 1 atom stereocenters. The minimum Gasteiger partial charge on any atom is -0.484 e. The van der Waals surface area contributed by atoms with Gasteiger partial charge in [-0.3, -0.25) is 9.59 Å². The van der Waals surface area contributed by atoms with Gasteiger partial charge in [-0.1, -0.05) is 32.0 Å². The number of carbonyl (C=O) groups excluding carboxylic acids is 2. The molecule has 0 N–H and O–H groups in total. The Balaban J connectivity index is 1.44. The second kappa shape index (κ2) is 8.81. The molecule has 0 aliphatic carbocycles. The largest absolute Gasteiger partial charge is 0.484 e. The van der Waals surface area contributed by atoms with Gasteiger partial charge in [0.2, 0.25) is 5.91 Å². The summed E-state index contributed by atoms with van der Waals surface area (Å²) in [6.45, 7) is 12.7. The predicted octanol–water partition coefficient (Wildman–Crippen LogP) is 2.88. The van der Waals surface area contributed by atoms with E-state index in [4.69, 9.17) is 4.74 Å². The third kappa shape index (κ3) is 4.07. The molecule has 2 amide bonds. The number of amides is 2. The molecule has 0 radical (unpaired) electrons. The number of benzene rings is 1. The highest BCUT2D eigenvalue weighted by Gasteiger charge is 2.64. The zero-order chi connectivity index (χ0) is 22.1. The first kappa shape index (κ1) is 22.1. The maximum Gasteiger partial charge on any atom is 0.260 e. The first-order valence-corrected chi connectivity index (χ1v) is 11.9. The van der Waals surface area contributed by atoms with Gasteiger partial charge in [-0.05, 0) is 44.2 Å². The van der Waals surface area contributed by atoms with Gasteiger partial charge in [-0.15, -0.1) is 0 Å². The molecule has 3 saturated heterocycles. The highest BCUT2D eigenvalue weighted by atomic mass is 16.5. The van der Waals surface area contributed by atoms with E-state index in [1.165, 1.54) is 0 Å². The molecule has 0 aromatic heterocycles. The second-order valence-corrected chi connectivity index (χ2v) is 10.0. The molecule has 1 aromatic rings. The van der Waals surface area contributed by atoms with E-state index in [2.05, 4.69) is 25.7 Å². The fourth-order valence-electron chi connectivity index (χ4n) is 6.18. The van der Waals surface area contributed by atoms with Gasteiger partial charge < -0.3 is 19.4 Å². The van der Waals surface area contributed by atoms with Crippen LogP contribution in [0.5, 0.6) is 5.75 Å². The smallest absolute Gasteiger partial charge is 0.260 e. The van der Waals surface area contributed by atoms with Crippen molar-refractivity contribution in [3.05, 3.63) is 30.3 Å². The maximum absolute atomic E-state index is 13.5. The van der Waals surface area contributed by atoms with E-state index >= 15 is 0 Å². The van der Waals surface area contributed by atoms with Crippen LogP contribution in [0.15, 0.2) is 30.3 Å². The summed E-state index contributed by atoms with van der Waals surface area (Å²) in [6, 6.07) is 9.49. The summed E-state index contributed by atoms with van der Waals surface area (Å²) >= 11 is 0. The number of carbonyl (C=O) groups is 2. The molecule has 31 heavy (non-hydrogen) atoms. The number of hydrogen-bond acceptors (Lipinski definition) is 4. The van der Waals surface area contributed by atoms with Crippen LogP contribution in [0.4, 0.5) is 0 Å². The monoisotopic (exact) mass is 427 g/mol. The lowest BCUT2D eigenvalue weighted by Crippen LogP contribution is -2.54. The van der Waals surface area contributed by atoms with Crippen molar-refractivity contribution < 1.29 is 14.3 Å². The zero-order valence-corrected chi connectivity index (χ0v) is 19.3. The van der Waals surface area contributed by atoms with Crippen LogP contribution in [0.3, 0.4) is 0 Å². The van der Waals surface area contributed by atoms with Gasteiger partial charge in [-0.2, -0.15) is 0 Å². The summed E-state index contributed by atoms with van der Waals surface area (Å²) in [5.74, 6) is 1.70. The average Bonchev–Trinajstić information content (AvgIpc) is 3.24. The SMILES string of the molecule is CCN1CCC2(CN(CC(C)C)CC23CCN(C(=O)COc2ccccc2)CC3)C1=O. The summed E-state index contributed by atoms with van der Waals surface area (Å²) in [4.78, 5) is 32.8. The van der Waals surface area contributed by atoms with Gasteiger partial charge >= 0.3 is 0 Å². The van der Waals surface area contributed by atoms with E-state index < -0.39 is 0 Å². The third-order valence-electron chi connectivity index (χ3n) is 7.72. The van der Waals surface area contributed by atoms with Gasteiger partial charge in [-0.25, -0.2) is 0 Å². The van der Waals surface area contributed by atoms with Gasteiger partial charge in [0.1, 0.15) is 5.75 Å². The van der Waals surface area contributed by atoms with Gasteiger partial charge in [0.15, 0.2) is 6.61 Å². The fourth-order valence-corrected chi connectivity index (χ4v) is 6.18. The molecule has 6 heteroatoms. The minimum atomic E-state index is -0.270. The van der Waals surface area contributed by atoms with E-state index in [0.717, 1.165) is 57.7 Å². The standard InChI is InChI=1S/C25H37N3O3/c1-4-27-15-12-25(23(27)30)19-26(16-20(2)3)18-24(25)10-13-28(14-11-24)22(29)17-31-21-8-6-5-7-9-21/h5-9,20H,4,10-19H2,1-3H3. The molecule has 6 nitrogen and oxygen atoms in total. The molecule has 1 aromatic carbocycles. The molecule has 2 spiro atoms. The molecule has 3 fully saturated rings. The van der Waals surface area contributed by atoms with Crippen molar-refractivity contribution in [3.8, 4) is 5.75 Å². The van der Waals surface area contributed by atoms with Crippen LogP contribution in [-0.4, -0.2) is 78.9 Å². The highest BCUT2D eigenvalue weighted by Crippen LogP contribution is 2.57. The van der Waals surface area contributed by atoms with Crippen molar-refractivity contribution in [2.45, 2.75) is 40.0 Å². The van der Waals surface area contributed by atoms with Crippen LogP contribution in [0.1, 0.15) is 40.0 Å². The zero-order valence-electron chi connectivity index (χ0n) is 19.3. The number of para-hydroxylation sites is 1. The molecule has 0 saturated carbocycles. The van der Waals surface area contributed by atoms with Crippen molar-refractivity contribution in [2.24, 2.45) is 16.7 Å². The molecular weight excluding hydrogens is 390 g/mol. The predicted molar refractivity (Wildman–Crippen MR) is 121 cm³/mol. The first-order valence-electron chi connectivity index (χ1n) is 11.9. The van der Waals surface area contributed by atoms with Crippen LogP contribution in [-0.2, 0) is 9.59 Å². The molecule has 1 unspecified atom stereocenters. The molecule has 170 valence electrons. The van der Waals surface area contributed by atoms with Crippen LogP contribution < -0.4 is 4.74 Å². The van der Waals surface area contributed by atoms with Gasteiger partial charge in [0.25, 0.3) is 5.91 Å². The summed E-state index contributed by atoms with van der Waals surface area (Å²) in [5, 5.41) is 0. The quantitative estimate of drug-likeness (QED) is 0.701. The normalized spacial score (nSPS) is 25.9. The van der Waals surface area contributed by atoms with Crippen molar-refractivity contribution >= 4 is 11.8 Å². The lowest BCUT2D eigenvalue weighted by Gasteiger charge is -2.47. The number of hydrogen-bond donors (Lipinski definition) is 0. The Hall–Kier alpha value is -2.08. The van der Waals surface area contributed by atoms with E-state index in [0.29, 0.717) is 24.9 Å². The topological polar surface area (TPSA) is 53.1 Å². The fraction of sp³-hybridized carbons (Fsp3) is 0.680. The molecular formula is C25H37N3O3. The van der Waals surface area contributed by atoms with Crippen LogP contribution in [0.25, 0.3) is 0 Å². The van der Waals surface area contributed by atoms with Crippen molar-refractivity contribution in [2.75, 3.05) is 52.4 Å². The van der Waals surface area contributed by atoms with E-state index in [-0.39, 0.29) is 23.3 Å². The van der Waals surface area contributed by atoms with Crippen molar-refractivity contribution in [3.63, 3.8) is 0 Å². The average molecular weight is 428 g/mol. The number of rotatable bonds is 6. The van der Waals surface area contributed by atoms with Crippen LogP contribution in [0, 0.1) is 16.7 Å². The Labute approximate surface area is 186 Å². The Morgan fingerprint density at radius 3 is 2.39 bits per heavy atom. The second-order valence-electron chi connectivity index (χ2n) is 10.0. The molecule has 3 aliphatic rings. The van der Waals surface area contributed by atoms with E-state index in [1.807, 2.05) is 40.1 Å². The first-order chi connectivity index (χ1) is 14.9. The third-order valence-corrected chi connectivity index (χ3v) is 7.72. The molecule has 4 rings (SSSR count). The van der Waals surface area contributed by atoms with E-state index in [1.54, 1.807) is 0 Å². The molecule has 3 aliphatic heterocycles. The minimum absolute atomic E-state index is 0.0139. The van der Waals surface area contributed by atoms with E-state index in [9.17, 15) is 9.59 Å². The van der Waals surface area contributed by atoms with Crippen molar-refractivity contribution in [1.82, 2.24) is 14.7 Å². The Morgan fingerprint density at radius 2 is 1.77 bits per heavy atom. The summed E-state index contributed by atoms with van der Waals surface area (Å²) in [5.41, 5.74) is -0.284. The van der Waals surface area contributed by atoms with Crippen molar-refractivity contribution in [1.29, 1.82) is 0 Å². The Kier molecular flexibility index (Phi) is 6.29. The number of fused-ring (bicyclic) bond motifs is 1. The maximum atomic E-state index is 13.5. The number of ether oxygens (including phenoxy) is 1. The Morgan fingerprint density at radius 1 is 1.06 bits per heavy atom. The highest BCUT2D eigenvalue weighted by molar-refractivity contribution is 5.87. The lowest BCUT2D eigenvalue weighted by atomic mass is 9.60. The summed E-state index contributed by atoms with van der Waals surface area (Å²) < 4.78 is 5.68. The summed E-state index contributed by atoms with van der Waals surface area (Å²) in [6.07, 6.45) is 2.77. The van der Waals surface area contributed by atoms with Crippen LogP contribution in [0.2, 0.25) is 0 Å². The number of nitrogens with zero attached hydrogens (tertiary/aromatic N) is 3. The lowest BCUT2D eigenvalue weighted by molar-refractivity contribution is -0.144. The van der Waals surface area contributed by atoms with Gasteiger partial charge in [0, 0.05) is 51.2 Å². The van der Waals surface area contributed by atoms with Gasteiger partial charge in [0.05, 0.1) is 5.41 Å². The Bertz CT molecular complexity index is 788. The number of likely N-dealkylation sites (tertiary alicyclic amines) is 3. The number of piperidine rings is 1. The summed E-state index contributed by atoms with van der Waals surface area (Å²) in [7, 11) is 0.